The number of carboxylic acid groups (broad SMARTS) is 1. The minimum absolute atomic E-state index is 0.0303. The molecule has 2 unspecified atom stereocenters. The molecule has 8 heteroatoms. The number of esters is 1. The third-order valence-electron chi connectivity index (χ3n) is 2.79. The van der Waals surface area contributed by atoms with E-state index in [0.29, 0.717) is 0 Å². The van der Waals surface area contributed by atoms with Gasteiger partial charge in [-0.25, -0.2) is 4.79 Å². The zero-order chi connectivity index (χ0) is 16.6. The number of carbonyl (C=O) groups is 4. The predicted octanol–water partition coefficient (Wildman–Crippen LogP) is -0.330. The van der Waals surface area contributed by atoms with E-state index in [0.717, 1.165) is 0 Å². The van der Waals surface area contributed by atoms with Crippen LogP contribution in [0, 0.1) is 5.92 Å². The summed E-state index contributed by atoms with van der Waals surface area (Å²) in [4.78, 5) is 45.3. The molecular weight excluding hydrogens is 280 g/mol. The van der Waals surface area contributed by atoms with Crippen molar-refractivity contribution in [3.05, 3.63) is 0 Å². The number of aliphatic carboxylic acids is 1. The van der Waals surface area contributed by atoms with Gasteiger partial charge in [0.05, 0.1) is 7.11 Å². The molecule has 0 radical (unpaired) electrons. The number of rotatable bonds is 8. The number of hydrogen-bond acceptors (Lipinski definition) is 5. The van der Waals surface area contributed by atoms with Crippen LogP contribution >= 0.6 is 0 Å². The van der Waals surface area contributed by atoms with Crippen molar-refractivity contribution in [2.45, 2.75) is 45.7 Å². The summed E-state index contributed by atoms with van der Waals surface area (Å²) >= 11 is 0. The second kappa shape index (κ2) is 8.93. The highest BCUT2D eigenvalue weighted by Crippen LogP contribution is 2.05. The fourth-order valence-corrected chi connectivity index (χ4v) is 1.65. The van der Waals surface area contributed by atoms with Crippen molar-refractivity contribution in [2.75, 3.05) is 7.11 Å². The van der Waals surface area contributed by atoms with E-state index in [4.69, 9.17) is 5.11 Å². The number of ether oxygens (including phenoxy) is 1. The zero-order valence-electron chi connectivity index (χ0n) is 12.6. The Morgan fingerprint density at radius 1 is 1.14 bits per heavy atom. The maximum absolute atomic E-state index is 12.1. The molecule has 3 N–H and O–H groups in total. The SMILES string of the molecule is COC(=O)CCC(NC(C)=O)C(=O)NC(C(=O)O)C(C)C. The van der Waals surface area contributed by atoms with Gasteiger partial charge in [0.15, 0.2) is 0 Å². The van der Waals surface area contributed by atoms with Gasteiger partial charge in [0.25, 0.3) is 0 Å². The average Bonchev–Trinajstić information content (AvgIpc) is 2.38. The highest BCUT2D eigenvalue weighted by atomic mass is 16.5. The summed E-state index contributed by atoms with van der Waals surface area (Å²) in [6.07, 6.45) is -0.0309. The molecule has 0 aromatic carbocycles. The molecule has 21 heavy (non-hydrogen) atoms. The Balaban J connectivity index is 4.81. The lowest BCUT2D eigenvalue weighted by molar-refractivity contribution is -0.144. The van der Waals surface area contributed by atoms with Gasteiger partial charge in [-0.1, -0.05) is 13.8 Å². The Hall–Kier alpha value is -2.12. The van der Waals surface area contributed by atoms with Crippen molar-refractivity contribution in [2.24, 2.45) is 5.92 Å². The van der Waals surface area contributed by atoms with Crippen molar-refractivity contribution in [1.82, 2.24) is 10.6 Å². The summed E-state index contributed by atoms with van der Waals surface area (Å²) in [6.45, 7) is 4.54. The minimum Gasteiger partial charge on any atom is -0.480 e. The monoisotopic (exact) mass is 302 g/mol. The van der Waals surface area contributed by atoms with Gasteiger partial charge in [0.2, 0.25) is 11.8 Å². The molecule has 2 amide bonds. The van der Waals surface area contributed by atoms with Gasteiger partial charge in [0.1, 0.15) is 12.1 Å². The first-order valence-corrected chi connectivity index (χ1v) is 6.56. The van der Waals surface area contributed by atoms with Crippen LogP contribution in [0.2, 0.25) is 0 Å². The van der Waals surface area contributed by atoms with Crippen molar-refractivity contribution >= 4 is 23.8 Å². The van der Waals surface area contributed by atoms with Gasteiger partial charge in [-0.15, -0.1) is 0 Å². The van der Waals surface area contributed by atoms with Gasteiger partial charge in [0, 0.05) is 13.3 Å². The Kier molecular flexibility index (Phi) is 8.03. The molecule has 0 aliphatic heterocycles. The lowest BCUT2D eigenvalue weighted by Crippen LogP contribution is -2.52. The second-order valence-electron chi connectivity index (χ2n) is 4.94. The second-order valence-corrected chi connectivity index (χ2v) is 4.94. The van der Waals surface area contributed by atoms with Gasteiger partial charge in [-0.2, -0.15) is 0 Å². The highest BCUT2D eigenvalue weighted by Gasteiger charge is 2.28. The van der Waals surface area contributed by atoms with Crippen molar-refractivity contribution in [1.29, 1.82) is 0 Å². The van der Waals surface area contributed by atoms with E-state index in [-0.39, 0.29) is 18.8 Å². The molecule has 0 aliphatic rings. The van der Waals surface area contributed by atoms with Gasteiger partial charge in [-0.05, 0) is 12.3 Å². The van der Waals surface area contributed by atoms with Crippen LogP contribution in [0.25, 0.3) is 0 Å². The molecule has 0 aliphatic carbocycles. The summed E-state index contributed by atoms with van der Waals surface area (Å²) in [5.41, 5.74) is 0. The van der Waals surface area contributed by atoms with Gasteiger partial charge in [-0.3, -0.25) is 14.4 Å². The lowest BCUT2D eigenvalue weighted by Gasteiger charge is -2.22. The molecule has 0 aromatic heterocycles. The van der Waals surface area contributed by atoms with E-state index in [9.17, 15) is 19.2 Å². The van der Waals surface area contributed by atoms with Gasteiger partial charge < -0.3 is 20.5 Å². The quantitative estimate of drug-likeness (QED) is 0.528. The first kappa shape index (κ1) is 18.9. The highest BCUT2D eigenvalue weighted by molar-refractivity contribution is 5.90. The number of amides is 2. The van der Waals surface area contributed by atoms with Crippen LogP contribution in [0.15, 0.2) is 0 Å². The molecule has 0 fully saturated rings. The van der Waals surface area contributed by atoms with E-state index >= 15 is 0 Å². The third kappa shape index (κ3) is 7.28. The molecule has 0 rings (SSSR count). The largest absolute Gasteiger partial charge is 0.480 e. The Labute approximate surface area is 123 Å². The molecule has 0 bridgehead atoms. The van der Waals surface area contributed by atoms with Gasteiger partial charge >= 0.3 is 11.9 Å². The first-order chi connectivity index (χ1) is 9.68. The predicted molar refractivity (Wildman–Crippen MR) is 73.3 cm³/mol. The summed E-state index contributed by atoms with van der Waals surface area (Å²) in [6, 6.07) is -2.05. The van der Waals surface area contributed by atoms with Crippen molar-refractivity contribution in [3.63, 3.8) is 0 Å². The van der Waals surface area contributed by atoms with Crippen LogP contribution in [0.5, 0.6) is 0 Å². The maximum Gasteiger partial charge on any atom is 0.326 e. The van der Waals surface area contributed by atoms with Crippen LogP contribution in [0.3, 0.4) is 0 Å². The van der Waals surface area contributed by atoms with E-state index < -0.39 is 35.8 Å². The third-order valence-corrected chi connectivity index (χ3v) is 2.79. The first-order valence-electron chi connectivity index (χ1n) is 6.56. The van der Waals surface area contributed by atoms with E-state index in [1.807, 2.05) is 0 Å². The smallest absolute Gasteiger partial charge is 0.326 e. The number of hydrogen-bond donors (Lipinski definition) is 3. The van der Waals surface area contributed by atoms with Crippen LogP contribution in [0.4, 0.5) is 0 Å². The minimum atomic E-state index is -1.16. The molecule has 0 saturated carbocycles. The van der Waals surface area contributed by atoms with Crippen LogP contribution in [0.1, 0.15) is 33.6 Å². The fraction of sp³-hybridized carbons (Fsp3) is 0.692. The van der Waals surface area contributed by atoms with E-state index in [2.05, 4.69) is 15.4 Å². The normalized spacial score (nSPS) is 13.2. The zero-order valence-corrected chi connectivity index (χ0v) is 12.6. The van der Waals surface area contributed by atoms with Crippen LogP contribution in [-0.2, 0) is 23.9 Å². The number of methoxy groups -OCH3 is 1. The Bertz CT molecular complexity index is 407. The number of carboxylic acids is 1. The Morgan fingerprint density at radius 2 is 1.71 bits per heavy atom. The van der Waals surface area contributed by atoms with E-state index in [1.54, 1.807) is 13.8 Å². The fourth-order valence-electron chi connectivity index (χ4n) is 1.65. The van der Waals surface area contributed by atoms with Crippen LogP contribution in [-0.4, -0.2) is 48.1 Å². The summed E-state index contributed by atoms with van der Waals surface area (Å²) < 4.78 is 4.47. The lowest BCUT2D eigenvalue weighted by atomic mass is 10.0. The van der Waals surface area contributed by atoms with Crippen molar-refractivity contribution < 1.29 is 29.0 Å². The topological polar surface area (TPSA) is 122 Å². The summed E-state index contributed by atoms with van der Waals surface area (Å²) in [7, 11) is 1.22. The average molecular weight is 302 g/mol. The molecule has 0 spiro atoms. The maximum atomic E-state index is 12.1. The van der Waals surface area contributed by atoms with Crippen LogP contribution < -0.4 is 10.6 Å². The number of nitrogens with one attached hydrogen (secondary N) is 2. The van der Waals surface area contributed by atoms with Crippen molar-refractivity contribution in [3.8, 4) is 0 Å². The molecule has 2 atom stereocenters. The molecule has 0 heterocycles. The molecule has 8 nitrogen and oxygen atoms in total. The Morgan fingerprint density at radius 3 is 2.10 bits per heavy atom. The molecule has 0 saturated heterocycles. The standard InChI is InChI=1S/C13H22N2O6/c1-7(2)11(13(19)20)15-12(18)9(14-8(3)16)5-6-10(17)21-4/h7,9,11H,5-6H2,1-4H3,(H,14,16)(H,15,18)(H,19,20). The summed E-state index contributed by atoms with van der Waals surface area (Å²) in [5.74, 6) is -3.08. The molecule has 120 valence electrons. The summed E-state index contributed by atoms with van der Waals surface area (Å²) in [5, 5.41) is 13.8. The van der Waals surface area contributed by atoms with E-state index in [1.165, 1.54) is 14.0 Å². The molecule has 0 aromatic rings. The number of carbonyl (C=O) groups excluding carboxylic acids is 3. The molecular formula is C13H22N2O6.